The number of amides is 1. The van der Waals surface area contributed by atoms with Gasteiger partial charge in [-0.1, -0.05) is 142 Å². The maximum atomic E-state index is 13.1. The molecular weight excluding hydrogens is 787 g/mol. The van der Waals surface area contributed by atoms with Gasteiger partial charge >= 0.3 is 18.0 Å². The van der Waals surface area contributed by atoms with Gasteiger partial charge in [0.15, 0.2) is 0 Å². The third-order valence-electron chi connectivity index (χ3n) is 12.5. The number of nitrogens with zero attached hydrogens (tertiary/aromatic N) is 1. The Kier molecular flexibility index (Phi) is 33.3. The number of thioether (sulfide) groups is 2. The molecule has 2 aliphatic carbocycles. The quantitative estimate of drug-likeness (QED) is 0.0350. The van der Waals surface area contributed by atoms with Crippen LogP contribution in [0.2, 0.25) is 0 Å². The van der Waals surface area contributed by atoms with E-state index in [4.69, 9.17) is 14.2 Å². The monoisotopic (exact) mass is 882 g/mol. The topological polar surface area (TPSA) is 82.1 Å². The van der Waals surface area contributed by atoms with Gasteiger partial charge in [0.05, 0.1) is 0 Å². The largest absolute Gasteiger partial charge is 0.461 e. The summed E-state index contributed by atoms with van der Waals surface area (Å²) < 4.78 is 17.9. The highest BCUT2D eigenvalue weighted by atomic mass is 32.2. The van der Waals surface area contributed by atoms with Crippen molar-refractivity contribution in [2.45, 2.75) is 258 Å². The summed E-state index contributed by atoms with van der Waals surface area (Å²) >= 11 is 3.90. The van der Waals surface area contributed by atoms with Crippen molar-refractivity contribution in [1.29, 1.82) is 0 Å². The van der Waals surface area contributed by atoms with Gasteiger partial charge < -0.3 is 19.1 Å². The molecule has 0 saturated heterocycles. The molecule has 0 spiro atoms. The van der Waals surface area contributed by atoms with Crippen LogP contribution >= 0.6 is 23.5 Å². The number of hydrogen-bond donors (Lipinski definition) is 0. The van der Waals surface area contributed by atoms with E-state index in [-0.39, 0.29) is 30.2 Å². The second-order valence-electron chi connectivity index (χ2n) is 19.5. The van der Waals surface area contributed by atoms with Crippen molar-refractivity contribution in [2.24, 2.45) is 11.8 Å². The number of carbonyl (C=O) groups excluding carboxylic acids is 3. The average Bonchev–Trinajstić information content (AvgIpc) is 3.23. The number of esters is 2. The lowest BCUT2D eigenvalue weighted by molar-refractivity contribution is -0.149. The van der Waals surface area contributed by atoms with Gasteiger partial charge in [0.25, 0.3) is 0 Å². The Morgan fingerprint density at radius 3 is 1.57 bits per heavy atom. The van der Waals surface area contributed by atoms with Gasteiger partial charge in [0.2, 0.25) is 0 Å². The first-order valence-corrected chi connectivity index (χ1v) is 27.9. The average molecular weight is 882 g/mol. The number of hydrogen-bond acceptors (Lipinski definition) is 8. The fourth-order valence-electron chi connectivity index (χ4n) is 8.80. The molecule has 0 aromatic carbocycles. The van der Waals surface area contributed by atoms with Crippen LogP contribution in [0.3, 0.4) is 0 Å². The van der Waals surface area contributed by atoms with E-state index in [2.05, 4.69) is 13.8 Å². The predicted molar refractivity (Wildman–Crippen MR) is 258 cm³/mol. The molecular formula is C51H95NO6S2. The van der Waals surface area contributed by atoms with Gasteiger partial charge in [0, 0.05) is 37.4 Å². The fourth-order valence-corrected chi connectivity index (χ4v) is 10.9. The SMILES string of the molecule is CCCCCCC(CSCCCCCCN(CCCCCCCSCC(CCC1CCCCC1)OC(=O)CCC1CCCCC1)C(=O)OC(C)(C)C)OC(=O)CCCCC. The fraction of sp³-hybridized carbons (Fsp3) is 0.941. The van der Waals surface area contributed by atoms with Crippen molar-refractivity contribution in [3.05, 3.63) is 0 Å². The minimum Gasteiger partial charge on any atom is -0.461 e. The summed E-state index contributed by atoms with van der Waals surface area (Å²) in [5.74, 6) is 5.60. The zero-order valence-electron chi connectivity index (χ0n) is 39.9. The molecule has 2 saturated carbocycles. The normalized spacial score (nSPS) is 16.4. The Morgan fingerprint density at radius 2 is 1.02 bits per heavy atom. The van der Waals surface area contributed by atoms with Crippen LogP contribution in [0.25, 0.3) is 0 Å². The van der Waals surface area contributed by atoms with Gasteiger partial charge in [-0.15, -0.1) is 0 Å². The van der Waals surface area contributed by atoms with Gasteiger partial charge in [-0.05, 0) is 108 Å². The molecule has 0 N–H and O–H groups in total. The van der Waals surface area contributed by atoms with Crippen LogP contribution in [-0.2, 0) is 23.8 Å². The van der Waals surface area contributed by atoms with Gasteiger partial charge in [-0.3, -0.25) is 9.59 Å². The predicted octanol–water partition coefficient (Wildman–Crippen LogP) is 15.3. The van der Waals surface area contributed by atoms with Crippen LogP contribution in [0, 0.1) is 11.8 Å². The molecule has 0 aromatic rings. The van der Waals surface area contributed by atoms with E-state index in [1.807, 2.05) is 49.2 Å². The van der Waals surface area contributed by atoms with Crippen LogP contribution in [0.1, 0.15) is 240 Å². The molecule has 2 atom stereocenters. The molecule has 0 aliphatic heterocycles. The van der Waals surface area contributed by atoms with E-state index in [1.54, 1.807) is 0 Å². The number of rotatable bonds is 36. The molecule has 2 fully saturated rings. The molecule has 0 aromatic heterocycles. The lowest BCUT2D eigenvalue weighted by atomic mass is 9.85. The van der Waals surface area contributed by atoms with Crippen LogP contribution in [0.4, 0.5) is 4.79 Å². The van der Waals surface area contributed by atoms with Crippen molar-refractivity contribution in [3.63, 3.8) is 0 Å². The van der Waals surface area contributed by atoms with Gasteiger partial charge in [-0.2, -0.15) is 23.5 Å². The second kappa shape index (κ2) is 36.3. The van der Waals surface area contributed by atoms with E-state index >= 15 is 0 Å². The Labute approximate surface area is 379 Å². The minimum absolute atomic E-state index is 0.0201. The second-order valence-corrected chi connectivity index (χ2v) is 21.8. The smallest absolute Gasteiger partial charge is 0.410 e. The van der Waals surface area contributed by atoms with Crippen molar-refractivity contribution in [1.82, 2.24) is 4.90 Å². The number of carbonyl (C=O) groups is 3. The molecule has 7 nitrogen and oxygen atoms in total. The van der Waals surface area contributed by atoms with Crippen molar-refractivity contribution in [3.8, 4) is 0 Å². The first-order valence-electron chi connectivity index (χ1n) is 25.6. The highest BCUT2D eigenvalue weighted by Gasteiger charge is 2.23. The summed E-state index contributed by atoms with van der Waals surface area (Å²) in [6.45, 7) is 11.7. The maximum Gasteiger partial charge on any atom is 0.410 e. The summed E-state index contributed by atoms with van der Waals surface area (Å²) in [4.78, 5) is 40.4. The van der Waals surface area contributed by atoms with E-state index in [0.717, 1.165) is 131 Å². The van der Waals surface area contributed by atoms with E-state index in [0.29, 0.717) is 12.8 Å². The standard InChI is InChI=1S/C51H95NO6S2/c1-6-8-10-23-32-46(56-48(53)33-18-9-7-2)42-59-41-27-15-13-25-39-52(50(55)58-51(3,4)5)38-24-12-11-14-26-40-60-43-47(36-34-44-28-19-16-20-29-44)57-49(54)37-35-45-30-21-17-22-31-45/h44-47H,6-43H2,1-5H3. The Hall–Kier alpha value is -1.09. The van der Waals surface area contributed by atoms with Crippen LogP contribution < -0.4 is 0 Å². The molecule has 1 amide bonds. The lowest BCUT2D eigenvalue weighted by Gasteiger charge is -2.27. The van der Waals surface area contributed by atoms with E-state index < -0.39 is 5.60 Å². The van der Waals surface area contributed by atoms with Crippen molar-refractivity contribution < 1.29 is 28.6 Å². The van der Waals surface area contributed by atoms with E-state index in [1.165, 1.54) is 109 Å². The van der Waals surface area contributed by atoms with Crippen molar-refractivity contribution >= 4 is 41.6 Å². The van der Waals surface area contributed by atoms with Crippen LogP contribution in [0.15, 0.2) is 0 Å². The Balaban J connectivity index is 1.64. The first kappa shape index (κ1) is 55.0. The lowest BCUT2D eigenvalue weighted by Crippen LogP contribution is -2.38. The summed E-state index contributed by atoms with van der Waals surface area (Å²) in [5, 5.41) is 0. The summed E-state index contributed by atoms with van der Waals surface area (Å²) in [7, 11) is 0. The molecule has 2 unspecified atom stereocenters. The molecule has 2 rings (SSSR count). The highest BCUT2D eigenvalue weighted by molar-refractivity contribution is 7.99. The summed E-state index contributed by atoms with van der Waals surface area (Å²) in [6, 6.07) is 0. The zero-order valence-corrected chi connectivity index (χ0v) is 41.5. The molecule has 352 valence electrons. The highest BCUT2D eigenvalue weighted by Crippen LogP contribution is 2.30. The third-order valence-corrected chi connectivity index (χ3v) is 14.9. The molecule has 60 heavy (non-hydrogen) atoms. The van der Waals surface area contributed by atoms with Crippen LogP contribution in [0.5, 0.6) is 0 Å². The first-order chi connectivity index (χ1) is 29.1. The molecule has 0 bridgehead atoms. The summed E-state index contributed by atoms with van der Waals surface area (Å²) in [6.07, 6.45) is 36.8. The number of unbranched alkanes of at least 4 members (excludes halogenated alkanes) is 12. The van der Waals surface area contributed by atoms with E-state index in [9.17, 15) is 14.4 Å². The van der Waals surface area contributed by atoms with Crippen molar-refractivity contribution in [2.75, 3.05) is 36.1 Å². The molecule has 2 aliphatic rings. The van der Waals surface area contributed by atoms with Gasteiger partial charge in [-0.25, -0.2) is 4.79 Å². The molecule has 0 radical (unpaired) electrons. The Bertz CT molecular complexity index is 1060. The third kappa shape index (κ3) is 30.9. The molecule has 0 heterocycles. The summed E-state index contributed by atoms with van der Waals surface area (Å²) in [5.41, 5.74) is -0.496. The van der Waals surface area contributed by atoms with Crippen LogP contribution in [-0.4, -0.2) is 76.8 Å². The van der Waals surface area contributed by atoms with Gasteiger partial charge in [0.1, 0.15) is 17.8 Å². The molecule has 9 heteroatoms. The maximum absolute atomic E-state index is 13.1. The number of ether oxygens (including phenoxy) is 3. The minimum atomic E-state index is -0.496. The zero-order chi connectivity index (χ0) is 43.5. The Morgan fingerprint density at radius 1 is 0.550 bits per heavy atom.